The second kappa shape index (κ2) is 7.95. The molecule has 0 atom stereocenters. The van der Waals surface area contributed by atoms with E-state index in [-0.39, 0.29) is 13.5 Å². The molecule has 0 heterocycles. The molecular formula is H5MoO5PS. The van der Waals surface area contributed by atoms with Gasteiger partial charge in [0.1, 0.15) is 0 Å². The van der Waals surface area contributed by atoms with Crippen LogP contribution in [-0.4, -0.2) is 14.7 Å². The van der Waals surface area contributed by atoms with Gasteiger partial charge in [-0.2, -0.15) is 13.5 Å². The van der Waals surface area contributed by atoms with Crippen molar-refractivity contribution in [3.8, 4) is 0 Å². The summed E-state index contributed by atoms with van der Waals surface area (Å²) < 4.78 is 17.1. The fourth-order valence-electron chi connectivity index (χ4n) is 0. The molecule has 0 unspecified atom stereocenters. The van der Waals surface area contributed by atoms with Crippen molar-refractivity contribution in [2.45, 2.75) is 0 Å². The van der Waals surface area contributed by atoms with Crippen LogP contribution in [0.4, 0.5) is 0 Å². The molecule has 0 saturated carbocycles. The molecule has 0 aromatic rings. The average molecular weight is 244 g/mol. The van der Waals surface area contributed by atoms with Crippen LogP contribution in [0, 0.1) is 0 Å². The SMILES string of the molecule is O=P(O)(O)O.S.[O]=[Mo]. The summed E-state index contributed by atoms with van der Waals surface area (Å²) in [6, 6.07) is 0. The first-order valence-corrected chi connectivity index (χ1v) is 3.33. The van der Waals surface area contributed by atoms with Gasteiger partial charge >= 0.3 is 31.0 Å². The molecule has 0 aromatic carbocycles. The Hall–Kier alpha value is 0.948. The van der Waals surface area contributed by atoms with E-state index in [0.717, 1.165) is 0 Å². The van der Waals surface area contributed by atoms with Crippen LogP contribution in [-0.2, 0) is 27.7 Å². The van der Waals surface area contributed by atoms with E-state index in [1.807, 2.05) is 0 Å². The van der Waals surface area contributed by atoms with Crippen molar-refractivity contribution in [3.05, 3.63) is 0 Å². The summed E-state index contributed by atoms with van der Waals surface area (Å²) in [4.78, 5) is 21.6. The van der Waals surface area contributed by atoms with Crippen LogP contribution in [0.25, 0.3) is 0 Å². The zero-order valence-corrected chi connectivity index (χ0v) is 7.42. The molecule has 0 aliphatic heterocycles. The van der Waals surface area contributed by atoms with Gasteiger partial charge in [0.2, 0.25) is 0 Å². The first-order valence-electron chi connectivity index (χ1n) is 0.949. The van der Waals surface area contributed by atoms with Crippen molar-refractivity contribution in [1.29, 1.82) is 0 Å². The van der Waals surface area contributed by atoms with E-state index >= 15 is 0 Å². The van der Waals surface area contributed by atoms with Gasteiger partial charge in [-0.15, -0.1) is 0 Å². The quantitative estimate of drug-likeness (QED) is 0.377. The minimum atomic E-state index is -4.64. The Morgan fingerprint density at radius 3 is 1.12 bits per heavy atom. The maximum atomic E-state index is 8.88. The fourth-order valence-corrected chi connectivity index (χ4v) is 0. The van der Waals surface area contributed by atoms with Gasteiger partial charge in [0.15, 0.2) is 0 Å². The Morgan fingerprint density at radius 1 is 1.12 bits per heavy atom. The third-order valence-corrected chi connectivity index (χ3v) is 0. The summed E-state index contributed by atoms with van der Waals surface area (Å²) >= 11 is 0.700. The van der Waals surface area contributed by atoms with Crippen LogP contribution in [0.15, 0.2) is 0 Å². The Labute approximate surface area is 64.0 Å². The predicted octanol–water partition coefficient (Wildman–Crippen LogP) is -0.937. The van der Waals surface area contributed by atoms with Gasteiger partial charge in [0.05, 0.1) is 0 Å². The van der Waals surface area contributed by atoms with Crippen LogP contribution >= 0.6 is 21.3 Å². The maximum absolute atomic E-state index is 8.88. The van der Waals surface area contributed by atoms with E-state index in [1.54, 1.807) is 0 Å². The summed E-state index contributed by atoms with van der Waals surface area (Å²) in [6.45, 7) is 0. The fraction of sp³-hybridized carbons (Fsp3) is 0. The van der Waals surface area contributed by atoms with E-state index in [1.165, 1.54) is 0 Å². The molecule has 0 aliphatic rings. The van der Waals surface area contributed by atoms with Gasteiger partial charge in [0.25, 0.3) is 0 Å². The van der Waals surface area contributed by atoms with Crippen molar-refractivity contribution in [3.63, 3.8) is 0 Å². The van der Waals surface area contributed by atoms with Crippen LogP contribution in [0.3, 0.4) is 0 Å². The second-order valence-corrected chi connectivity index (χ2v) is 1.54. The van der Waals surface area contributed by atoms with Crippen molar-refractivity contribution in [2.75, 3.05) is 0 Å². The number of rotatable bonds is 0. The molecule has 52 valence electrons. The Morgan fingerprint density at radius 2 is 1.12 bits per heavy atom. The second-order valence-electron chi connectivity index (χ2n) is 0.513. The molecule has 0 spiro atoms. The number of phosphoric acid groups is 1. The molecular weight excluding hydrogens is 239 g/mol. The van der Waals surface area contributed by atoms with E-state index in [9.17, 15) is 0 Å². The number of hydrogen-bond acceptors (Lipinski definition) is 2. The summed E-state index contributed by atoms with van der Waals surface area (Å²) in [7, 11) is -4.64. The molecule has 0 rings (SSSR count). The van der Waals surface area contributed by atoms with E-state index < -0.39 is 7.82 Å². The van der Waals surface area contributed by atoms with Gasteiger partial charge in [-0.1, -0.05) is 0 Å². The van der Waals surface area contributed by atoms with E-state index in [4.69, 9.17) is 22.6 Å². The zero-order chi connectivity index (χ0) is 6.50. The van der Waals surface area contributed by atoms with Crippen molar-refractivity contribution in [1.82, 2.24) is 0 Å². The minimum absolute atomic E-state index is 0. The van der Waals surface area contributed by atoms with Gasteiger partial charge in [-0.3, -0.25) is 0 Å². The molecule has 0 fully saturated rings. The monoisotopic (exact) mass is 246 g/mol. The molecule has 0 aromatic heterocycles. The third kappa shape index (κ3) is 273. The first-order chi connectivity index (χ1) is 3.00. The van der Waals surface area contributed by atoms with Crippen molar-refractivity contribution >= 4 is 21.3 Å². The molecule has 0 aliphatic carbocycles. The van der Waals surface area contributed by atoms with Crippen LogP contribution in [0.2, 0.25) is 0 Å². The van der Waals surface area contributed by atoms with Crippen LogP contribution in [0.5, 0.6) is 0 Å². The molecule has 8 heteroatoms. The van der Waals surface area contributed by atoms with E-state index in [0.29, 0.717) is 19.8 Å². The Bertz CT molecular complexity index is 68.2. The first kappa shape index (κ1) is 16.0. The molecule has 0 saturated heterocycles. The molecule has 0 radical (unpaired) electrons. The molecule has 5 nitrogen and oxygen atoms in total. The van der Waals surface area contributed by atoms with Gasteiger partial charge in [-0.05, 0) is 0 Å². The summed E-state index contributed by atoms with van der Waals surface area (Å²) in [6.07, 6.45) is 0. The molecule has 0 bridgehead atoms. The third-order valence-electron chi connectivity index (χ3n) is 0. The van der Waals surface area contributed by atoms with E-state index in [2.05, 4.69) is 0 Å². The zero-order valence-electron chi connectivity index (χ0n) is 3.51. The van der Waals surface area contributed by atoms with Crippen molar-refractivity contribution in [2.24, 2.45) is 0 Å². The summed E-state index contributed by atoms with van der Waals surface area (Å²) in [5, 5.41) is 0. The molecule has 0 amide bonds. The molecule has 8 heavy (non-hydrogen) atoms. The van der Waals surface area contributed by atoms with Gasteiger partial charge in [0, 0.05) is 0 Å². The van der Waals surface area contributed by atoms with Crippen molar-refractivity contribution < 1.29 is 42.4 Å². The van der Waals surface area contributed by atoms with Gasteiger partial charge < -0.3 is 14.7 Å². The summed E-state index contributed by atoms with van der Waals surface area (Å²) in [5.74, 6) is 0. The van der Waals surface area contributed by atoms with Crippen LogP contribution in [0.1, 0.15) is 0 Å². The normalized spacial score (nSPS) is 7.88. The predicted molar refractivity (Wildman–Crippen MR) is 25.3 cm³/mol. The number of hydrogen-bond donors (Lipinski definition) is 3. The Balaban J connectivity index is -0.0000000750. The standard InChI is InChI=1S/Mo.H3O4P.O.H2S/c;1-5(2,3)4;;/h;(H3,1,2,3,4);;1H2. The van der Waals surface area contributed by atoms with Gasteiger partial charge in [-0.25, -0.2) is 4.57 Å². The Kier molecular flexibility index (Phi) is 15.9. The topological polar surface area (TPSA) is 94.8 Å². The summed E-state index contributed by atoms with van der Waals surface area (Å²) in [5.41, 5.74) is 0. The average Bonchev–Trinajstić information content (AvgIpc) is 1.36. The van der Waals surface area contributed by atoms with Crippen LogP contribution < -0.4 is 0 Å². The molecule has 3 N–H and O–H groups in total.